The largest absolute Gasteiger partial charge is 0.444 e. The molecule has 6 nitrogen and oxygen atoms in total. The van der Waals surface area contributed by atoms with E-state index in [2.05, 4.69) is 37.5 Å². The molecule has 0 radical (unpaired) electrons. The van der Waals surface area contributed by atoms with Crippen molar-refractivity contribution in [3.63, 3.8) is 0 Å². The van der Waals surface area contributed by atoms with Gasteiger partial charge in [-0.2, -0.15) is 4.98 Å². The van der Waals surface area contributed by atoms with Crippen LogP contribution in [0.3, 0.4) is 0 Å². The molecule has 1 fully saturated rings. The zero-order valence-corrected chi connectivity index (χ0v) is 16.1. The zero-order valence-electron chi connectivity index (χ0n) is 13.1. The van der Waals surface area contributed by atoms with E-state index in [1.54, 1.807) is 11.1 Å². The predicted octanol–water partition coefficient (Wildman–Crippen LogP) is 3.18. The van der Waals surface area contributed by atoms with Gasteiger partial charge in [0.2, 0.25) is 5.28 Å². The summed E-state index contributed by atoms with van der Waals surface area (Å²) in [4.78, 5) is 24.4. The van der Waals surface area contributed by atoms with Crippen molar-refractivity contribution >= 4 is 46.1 Å². The van der Waals surface area contributed by atoms with Crippen molar-refractivity contribution < 1.29 is 9.53 Å². The van der Waals surface area contributed by atoms with Crippen LogP contribution >= 0.6 is 34.2 Å². The highest BCUT2D eigenvalue weighted by Gasteiger charge is 2.31. The fraction of sp³-hybridized carbons (Fsp3) is 0.643. The van der Waals surface area contributed by atoms with Crippen molar-refractivity contribution in [1.29, 1.82) is 0 Å². The van der Waals surface area contributed by atoms with Crippen molar-refractivity contribution in [2.75, 3.05) is 24.5 Å². The lowest BCUT2D eigenvalue weighted by atomic mass is 10.2. The Balaban J connectivity index is 2.06. The van der Waals surface area contributed by atoms with Crippen LogP contribution in [0.15, 0.2) is 6.20 Å². The second-order valence-corrected chi connectivity index (χ2v) is 7.78. The van der Waals surface area contributed by atoms with Crippen LogP contribution in [0.2, 0.25) is 5.28 Å². The lowest BCUT2D eigenvalue weighted by Gasteiger charge is -2.40. The standard InChI is InChI=1S/C14H20ClIN4O2/c1-9-8-19(11-10(16)7-17-12(15)18-11)5-6-20(9)13(21)22-14(2,3)4/h7,9H,5-6,8H2,1-4H3. The molecule has 0 aromatic carbocycles. The van der Waals surface area contributed by atoms with Gasteiger partial charge in [-0.05, 0) is 61.9 Å². The van der Waals surface area contributed by atoms with Crippen LogP contribution in [-0.2, 0) is 4.74 Å². The quantitative estimate of drug-likeness (QED) is 0.498. The molecule has 0 spiro atoms. The molecule has 2 heterocycles. The minimum Gasteiger partial charge on any atom is -0.444 e. The number of ether oxygens (including phenoxy) is 1. The van der Waals surface area contributed by atoms with Crippen LogP contribution in [0, 0.1) is 3.57 Å². The second-order valence-electron chi connectivity index (χ2n) is 6.28. The Morgan fingerprint density at radius 3 is 2.73 bits per heavy atom. The molecule has 2 rings (SSSR count). The Hall–Kier alpha value is -0.830. The number of hydrogen-bond acceptors (Lipinski definition) is 5. The van der Waals surface area contributed by atoms with Gasteiger partial charge in [0.25, 0.3) is 0 Å². The van der Waals surface area contributed by atoms with E-state index in [1.165, 1.54) is 0 Å². The molecule has 1 amide bonds. The van der Waals surface area contributed by atoms with Gasteiger partial charge < -0.3 is 14.5 Å². The Kier molecular flexibility index (Phi) is 5.37. The molecular formula is C14H20ClIN4O2. The van der Waals surface area contributed by atoms with Gasteiger partial charge in [-0.25, -0.2) is 9.78 Å². The van der Waals surface area contributed by atoms with Crippen molar-refractivity contribution in [3.8, 4) is 0 Å². The highest BCUT2D eigenvalue weighted by Crippen LogP contribution is 2.24. The average Bonchev–Trinajstić information content (AvgIpc) is 2.39. The fourth-order valence-corrected chi connectivity index (χ4v) is 3.03. The lowest BCUT2D eigenvalue weighted by Crippen LogP contribution is -2.55. The van der Waals surface area contributed by atoms with Crippen LogP contribution in [0.5, 0.6) is 0 Å². The molecule has 1 aromatic rings. The molecule has 1 atom stereocenters. The molecular weight excluding hydrogens is 419 g/mol. The van der Waals surface area contributed by atoms with E-state index in [9.17, 15) is 4.79 Å². The van der Waals surface area contributed by atoms with E-state index >= 15 is 0 Å². The number of halogens is 2. The minimum absolute atomic E-state index is 0.0353. The third-order valence-corrected chi connectivity index (χ3v) is 4.19. The van der Waals surface area contributed by atoms with Crippen molar-refractivity contribution in [2.45, 2.75) is 39.3 Å². The van der Waals surface area contributed by atoms with Crippen LogP contribution in [0.1, 0.15) is 27.7 Å². The average molecular weight is 439 g/mol. The molecule has 1 aromatic heterocycles. The summed E-state index contributed by atoms with van der Waals surface area (Å²) in [6.45, 7) is 9.58. The predicted molar refractivity (Wildman–Crippen MR) is 94.4 cm³/mol. The first kappa shape index (κ1) is 17.5. The number of piperazine rings is 1. The van der Waals surface area contributed by atoms with Crippen LogP contribution in [0.4, 0.5) is 10.6 Å². The fourth-order valence-electron chi connectivity index (χ4n) is 2.30. The topological polar surface area (TPSA) is 58.6 Å². The number of rotatable bonds is 1. The molecule has 0 saturated carbocycles. The molecule has 1 saturated heterocycles. The third kappa shape index (κ3) is 4.34. The molecule has 0 aliphatic carbocycles. The van der Waals surface area contributed by atoms with E-state index in [0.29, 0.717) is 19.6 Å². The summed E-state index contributed by atoms with van der Waals surface area (Å²) in [6, 6.07) is 0.0353. The summed E-state index contributed by atoms with van der Waals surface area (Å²) in [5, 5.41) is 0.234. The zero-order chi connectivity index (χ0) is 16.5. The summed E-state index contributed by atoms with van der Waals surface area (Å²) >= 11 is 8.08. The highest BCUT2D eigenvalue weighted by molar-refractivity contribution is 14.1. The van der Waals surface area contributed by atoms with Gasteiger partial charge in [-0.3, -0.25) is 0 Å². The number of amides is 1. The normalized spacial score (nSPS) is 19.3. The monoisotopic (exact) mass is 438 g/mol. The summed E-state index contributed by atoms with van der Waals surface area (Å²) in [5.41, 5.74) is -0.483. The lowest BCUT2D eigenvalue weighted by molar-refractivity contribution is 0.0158. The van der Waals surface area contributed by atoms with Gasteiger partial charge in [-0.1, -0.05) is 0 Å². The molecule has 1 unspecified atom stereocenters. The Labute approximate surface area is 149 Å². The molecule has 1 aliphatic heterocycles. The first-order chi connectivity index (χ1) is 10.2. The maximum Gasteiger partial charge on any atom is 0.410 e. The van der Waals surface area contributed by atoms with Gasteiger partial charge in [0, 0.05) is 31.9 Å². The van der Waals surface area contributed by atoms with Crippen LogP contribution in [-0.4, -0.2) is 52.2 Å². The number of anilines is 1. The Morgan fingerprint density at radius 1 is 1.45 bits per heavy atom. The second kappa shape index (κ2) is 6.74. The Bertz CT molecular complexity index is 564. The number of nitrogens with zero attached hydrogens (tertiary/aromatic N) is 4. The van der Waals surface area contributed by atoms with Gasteiger partial charge in [0.05, 0.1) is 3.57 Å². The number of hydrogen-bond donors (Lipinski definition) is 0. The van der Waals surface area contributed by atoms with E-state index in [1.807, 2.05) is 27.7 Å². The van der Waals surface area contributed by atoms with Crippen molar-refractivity contribution in [3.05, 3.63) is 15.1 Å². The summed E-state index contributed by atoms with van der Waals surface area (Å²) in [5.74, 6) is 0.816. The molecule has 22 heavy (non-hydrogen) atoms. The van der Waals surface area contributed by atoms with Gasteiger partial charge in [-0.15, -0.1) is 0 Å². The SMILES string of the molecule is CC1CN(c2nc(Cl)ncc2I)CCN1C(=O)OC(C)(C)C. The molecule has 8 heteroatoms. The number of carbonyl (C=O) groups is 1. The molecule has 1 aliphatic rings. The maximum absolute atomic E-state index is 12.2. The number of aromatic nitrogens is 2. The van der Waals surface area contributed by atoms with Crippen LogP contribution < -0.4 is 4.90 Å². The third-order valence-electron chi connectivity index (χ3n) is 3.25. The minimum atomic E-state index is -0.483. The summed E-state index contributed by atoms with van der Waals surface area (Å²) in [6.07, 6.45) is 1.44. The Morgan fingerprint density at radius 2 is 2.14 bits per heavy atom. The summed E-state index contributed by atoms with van der Waals surface area (Å²) < 4.78 is 6.40. The number of carbonyl (C=O) groups excluding carboxylic acids is 1. The smallest absolute Gasteiger partial charge is 0.410 e. The summed E-state index contributed by atoms with van der Waals surface area (Å²) in [7, 11) is 0. The van der Waals surface area contributed by atoms with Gasteiger partial charge in [0.15, 0.2) is 0 Å². The van der Waals surface area contributed by atoms with E-state index in [4.69, 9.17) is 16.3 Å². The first-order valence-corrected chi connectivity index (χ1v) is 8.55. The highest BCUT2D eigenvalue weighted by atomic mass is 127. The van der Waals surface area contributed by atoms with Crippen molar-refractivity contribution in [1.82, 2.24) is 14.9 Å². The van der Waals surface area contributed by atoms with Gasteiger partial charge in [0.1, 0.15) is 11.4 Å². The van der Waals surface area contributed by atoms with E-state index in [0.717, 1.165) is 9.39 Å². The van der Waals surface area contributed by atoms with Gasteiger partial charge >= 0.3 is 6.09 Å². The van der Waals surface area contributed by atoms with Crippen molar-refractivity contribution in [2.24, 2.45) is 0 Å². The van der Waals surface area contributed by atoms with E-state index in [-0.39, 0.29) is 17.4 Å². The first-order valence-electron chi connectivity index (χ1n) is 7.10. The molecule has 122 valence electrons. The van der Waals surface area contributed by atoms with E-state index < -0.39 is 5.60 Å². The van der Waals surface area contributed by atoms with Crippen LogP contribution in [0.25, 0.3) is 0 Å². The molecule has 0 N–H and O–H groups in total. The molecule has 0 bridgehead atoms. The maximum atomic E-state index is 12.2.